The van der Waals surface area contributed by atoms with Gasteiger partial charge in [-0.2, -0.15) is 36.5 Å². The fourth-order valence-corrected chi connectivity index (χ4v) is 3.77. The maximum absolute atomic E-state index is 13.1. The van der Waals surface area contributed by atoms with Crippen molar-refractivity contribution in [3.63, 3.8) is 0 Å². The number of nitrogens with zero attached hydrogens (tertiary/aromatic N) is 5. The number of nitrogens with one attached hydrogen (secondary N) is 1. The van der Waals surface area contributed by atoms with Crippen LogP contribution in [-0.4, -0.2) is 30.5 Å². The molecule has 1 amide bonds. The fraction of sp³-hybridized carbons (Fsp3) is 0.400. The van der Waals surface area contributed by atoms with Gasteiger partial charge in [-0.3, -0.25) is 19.1 Å². The summed E-state index contributed by atoms with van der Waals surface area (Å²) >= 11 is 0. The Hall–Kier alpha value is -3.38. The minimum atomic E-state index is -4.69. The molecule has 0 saturated carbocycles. The van der Waals surface area contributed by atoms with E-state index in [9.17, 15) is 31.1 Å². The van der Waals surface area contributed by atoms with Crippen LogP contribution in [-0.2, 0) is 25.9 Å². The smallest absolute Gasteiger partial charge is 0.342 e. The van der Waals surface area contributed by atoms with Gasteiger partial charge in [0.05, 0.1) is 17.4 Å². The van der Waals surface area contributed by atoms with Crippen LogP contribution < -0.4 is 5.32 Å². The van der Waals surface area contributed by atoms with Gasteiger partial charge in [-0.05, 0) is 37.5 Å². The second kappa shape index (κ2) is 7.89. The maximum Gasteiger partial charge on any atom is 0.435 e. The van der Waals surface area contributed by atoms with E-state index >= 15 is 0 Å². The molecule has 33 heavy (non-hydrogen) atoms. The van der Waals surface area contributed by atoms with Gasteiger partial charge in [-0.25, -0.2) is 0 Å². The number of pyridine rings is 1. The summed E-state index contributed by atoms with van der Waals surface area (Å²) in [7, 11) is 1.23. The Bertz CT molecular complexity index is 1210. The van der Waals surface area contributed by atoms with Gasteiger partial charge < -0.3 is 5.32 Å². The van der Waals surface area contributed by atoms with Crippen LogP contribution in [0.5, 0.6) is 0 Å². The van der Waals surface area contributed by atoms with Gasteiger partial charge in [-0.1, -0.05) is 0 Å². The summed E-state index contributed by atoms with van der Waals surface area (Å²) < 4.78 is 80.5. The first kappa shape index (κ1) is 22.8. The number of fused-ring (bicyclic) bond motifs is 1. The molecule has 0 fully saturated rings. The maximum atomic E-state index is 13.1. The van der Waals surface area contributed by atoms with E-state index in [1.165, 1.54) is 7.05 Å². The first-order valence-corrected chi connectivity index (χ1v) is 9.88. The van der Waals surface area contributed by atoms with Gasteiger partial charge in [0.2, 0.25) is 0 Å². The molecule has 4 rings (SSSR count). The number of hydrogen-bond acceptors (Lipinski definition) is 4. The molecule has 0 radical (unpaired) electrons. The molecule has 1 aliphatic rings. The Kier molecular flexibility index (Phi) is 5.45. The molecule has 0 bridgehead atoms. The van der Waals surface area contributed by atoms with Gasteiger partial charge in [0.1, 0.15) is 11.4 Å². The number of halogens is 6. The Labute approximate surface area is 183 Å². The first-order chi connectivity index (χ1) is 15.3. The van der Waals surface area contributed by atoms with Crippen molar-refractivity contribution in [2.45, 2.75) is 44.7 Å². The largest absolute Gasteiger partial charge is 0.435 e. The molecule has 3 aromatic rings. The van der Waals surface area contributed by atoms with E-state index in [1.54, 1.807) is 17.7 Å². The number of aryl methyl sites for hydroxylation is 3. The van der Waals surface area contributed by atoms with Crippen LogP contribution in [0.15, 0.2) is 24.4 Å². The average Bonchev–Trinajstić information content (AvgIpc) is 3.31. The molecule has 0 spiro atoms. The van der Waals surface area contributed by atoms with Crippen molar-refractivity contribution < 1.29 is 31.1 Å². The van der Waals surface area contributed by atoms with Crippen LogP contribution in [0.25, 0.3) is 11.3 Å². The zero-order chi connectivity index (χ0) is 24.1. The standard InChI is InChI=1S/C20H18F6N6O/c1-10-9-27-16(19(21,22)23)6-11(10)13-7-14-12(4-3-5-32(14)29-13)28-18(33)15-8-17(20(24,25)26)30-31(15)2/h6-9,12H,3-5H2,1-2H3,(H,28,33)/t12-/m0/s1. The van der Waals surface area contributed by atoms with E-state index in [0.717, 1.165) is 16.9 Å². The Balaban J connectivity index is 1.63. The van der Waals surface area contributed by atoms with Crippen molar-refractivity contribution in [1.82, 2.24) is 29.9 Å². The molecular weight excluding hydrogens is 454 g/mol. The number of rotatable bonds is 3. The summed E-state index contributed by atoms with van der Waals surface area (Å²) in [6.07, 6.45) is -7.08. The van der Waals surface area contributed by atoms with E-state index in [4.69, 9.17) is 0 Å². The number of amides is 1. The van der Waals surface area contributed by atoms with Crippen LogP contribution in [0.2, 0.25) is 0 Å². The van der Waals surface area contributed by atoms with Crippen LogP contribution >= 0.6 is 0 Å². The third-order valence-electron chi connectivity index (χ3n) is 5.41. The number of alkyl halides is 6. The van der Waals surface area contributed by atoms with Crippen LogP contribution in [0, 0.1) is 6.92 Å². The summed E-state index contributed by atoms with van der Waals surface area (Å²) in [6.45, 7) is 2.10. The first-order valence-electron chi connectivity index (χ1n) is 9.88. The third-order valence-corrected chi connectivity index (χ3v) is 5.41. The van der Waals surface area contributed by atoms with Crippen molar-refractivity contribution in [2.75, 3.05) is 0 Å². The lowest BCUT2D eigenvalue weighted by atomic mass is 10.0. The van der Waals surface area contributed by atoms with Crippen molar-refractivity contribution >= 4 is 5.91 Å². The molecule has 7 nitrogen and oxygen atoms in total. The van der Waals surface area contributed by atoms with Gasteiger partial charge in [0.15, 0.2) is 5.69 Å². The van der Waals surface area contributed by atoms with Crippen molar-refractivity contribution in [1.29, 1.82) is 0 Å². The lowest BCUT2D eigenvalue weighted by Gasteiger charge is -2.24. The normalized spacial score (nSPS) is 16.5. The van der Waals surface area contributed by atoms with Gasteiger partial charge in [0.25, 0.3) is 5.91 Å². The zero-order valence-corrected chi connectivity index (χ0v) is 17.4. The Morgan fingerprint density at radius 3 is 2.39 bits per heavy atom. The quantitative estimate of drug-likeness (QED) is 0.577. The molecule has 176 valence electrons. The minimum absolute atomic E-state index is 0.255. The summed E-state index contributed by atoms with van der Waals surface area (Å²) in [4.78, 5) is 16.1. The van der Waals surface area contributed by atoms with Gasteiger partial charge in [-0.15, -0.1) is 0 Å². The number of aromatic nitrogens is 5. The number of carbonyl (C=O) groups is 1. The molecule has 4 heterocycles. The van der Waals surface area contributed by atoms with E-state index in [0.29, 0.717) is 36.7 Å². The van der Waals surface area contributed by atoms with E-state index < -0.39 is 35.7 Å². The predicted octanol–water partition coefficient (Wildman–Crippen LogP) is 4.29. The van der Waals surface area contributed by atoms with Crippen molar-refractivity contribution in [2.24, 2.45) is 7.05 Å². The highest BCUT2D eigenvalue weighted by atomic mass is 19.4. The van der Waals surface area contributed by atoms with Crippen LogP contribution in [0.3, 0.4) is 0 Å². The van der Waals surface area contributed by atoms with Crippen LogP contribution in [0.4, 0.5) is 26.3 Å². The molecule has 0 saturated heterocycles. The lowest BCUT2D eigenvalue weighted by molar-refractivity contribution is -0.142. The molecule has 3 aromatic heterocycles. The summed E-state index contributed by atoms with van der Waals surface area (Å²) in [6, 6.07) is 2.59. The molecule has 0 aromatic carbocycles. The lowest BCUT2D eigenvalue weighted by Crippen LogP contribution is -2.33. The van der Waals surface area contributed by atoms with E-state index in [1.807, 2.05) is 0 Å². The molecule has 13 heteroatoms. The van der Waals surface area contributed by atoms with E-state index in [-0.39, 0.29) is 17.0 Å². The van der Waals surface area contributed by atoms with Gasteiger partial charge >= 0.3 is 12.4 Å². The highest BCUT2D eigenvalue weighted by Gasteiger charge is 2.36. The molecule has 1 aliphatic heterocycles. The highest BCUT2D eigenvalue weighted by molar-refractivity contribution is 5.93. The van der Waals surface area contributed by atoms with E-state index in [2.05, 4.69) is 20.5 Å². The molecular formula is C20H18F6N6O. The highest BCUT2D eigenvalue weighted by Crippen LogP contribution is 2.34. The van der Waals surface area contributed by atoms with Crippen LogP contribution in [0.1, 0.15) is 52.0 Å². The van der Waals surface area contributed by atoms with Crippen molar-refractivity contribution in [3.05, 3.63) is 52.7 Å². The Morgan fingerprint density at radius 2 is 1.76 bits per heavy atom. The zero-order valence-electron chi connectivity index (χ0n) is 17.4. The summed E-state index contributed by atoms with van der Waals surface area (Å²) in [5, 5.41) is 10.4. The summed E-state index contributed by atoms with van der Waals surface area (Å²) in [5.41, 5.74) is -0.905. The summed E-state index contributed by atoms with van der Waals surface area (Å²) in [5.74, 6) is -0.749. The average molecular weight is 472 g/mol. The molecule has 0 aliphatic carbocycles. The number of hydrogen-bond donors (Lipinski definition) is 1. The SMILES string of the molecule is Cc1cnc(C(F)(F)F)cc1-c1cc2n(n1)CCC[C@@H]2NC(=O)c1cc(C(F)(F)F)nn1C. The molecule has 0 unspecified atom stereocenters. The van der Waals surface area contributed by atoms with Gasteiger partial charge in [0, 0.05) is 31.4 Å². The van der Waals surface area contributed by atoms with Crippen molar-refractivity contribution in [3.8, 4) is 11.3 Å². The minimum Gasteiger partial charge on any atom is -0.342 e. The molecule has 1 atom stereocenters. The second-order valence-corrected chi connectivity index (χ2v) is 7.76. The third kappa shape index (κ3) is 4.44. The topological polar surface area (TPSA) is 77.6 Å². The predicted molar refractivity (Wildman–Crippen MR) is 103 cm³/mol. The Morgan fingerprint density at radius 1 is 1.06 bits per heavy atom. The second-order valence-electron chi connectivity index (χ2n) is 7.76. The monoisotopic (exact) mass is 472 g/mol. The fourth-order valence-electron chi connectivity index (χ4n) is 3.77. The number of carbonyl (C=O) groups excluding carboxylic acids is 1. The molecule has 1 N–H and O–H groups in total.